The third-order valence-corrected chi connectivity index (χ3v) is 4.54. The first kappa shape index (κ1) is 12.6. The summed E-state index contributed by atoms with van der Waals surface area (Å²) in [5, 5.41) is 10.8. The van der Waals surface area contributed by atoms with Crippen molar-refractivity contribution >= 4 is 39.1 Å². The van der Waals surface area contributed by atoms with Crippen LogP contribution in [-0.2, 0) is 4.79 Å². The molecule has 4 nitrogen and oxygen atoms in total. The number of carbonyl (C=O) groups is 2. The van der Waals surface area contributed by atoms with E-state index in [4.69, 9.17) is 5.11 Å². The van der Waals surface area contributed by atoms with Crippen molar-refractivity contribution in [2.75, 3.05) is 13.1 Å². The van der Waals surface area contributed by atoms with Gasteiger partial charge in [0, 0.05) is 18.5 Å². The molecule has 92 valence electrons. The van der Waals surface area contributed by atoms with Crippen LogP contribution in [0, 0.1) is 11.8 Å². The molecule has 0 bridgehead atoms. The van der Waals surface area contributed by atoms with E-state index in [2.05, 4.69) is 15.9 Å². The first-order valence-corrected chi connectivity index (χ1v) is 6.92. The number of thiophene rings is 1. The van der Waals surface area contributed by atoms with Gasteiger partial charge in [0.25, 0.3) is 5.91 Å². The number of rotatable bonds is 2. The smallest absolute Gasteiger partial charge is 0.308 e. The van der Waals surface area contributed by atoms with Crippen molar-refractivity contribution in [2.45, 2.75) is 6.92 Å². The highest BCUT2D eigenvalue weighted by Crippen LogP contribution is 2.27. The highest BCUT2D eigenvalue weighted by atomic mass is 79.9. The molecule has 6 heteroatoms. The molecule has 2 heterocycles. The number of carboxylic acid groups (broad SMARTS) is 1. The van der Waals surface area contributed by atoms with Crippen molar-refractivity contribution in [3.8, 4) is 0 Å². The summed E-state index contributed by atoms with van der Waals surface area (Å²) in [5.41, 5.74) is 0.625. The molecular weight excluding hydrogens is 306 g/mol. The highest BCUT2D eigenvalue weighted by molar-refractivity contribution is 9.11. The lowest BCUT2D eigenvalue weighted by Crippen LogP contribution is -2.29. The Morgan fingerprint density at radius 3 is 2.71 bits per heavy atom. The molecule has 1 N–H and O–H groups in total. The van der Waals surface area contributed by atoms with Gasteiger partial charge in [-0.3, -0.25) is 9.59 Å². The van der Waals surface area contributed by atoms with Crippen LogP contribution in [0.5, 0.6) is 0 Å². The van der Waals surface area contributed by atoms with Crippen LogP contribution < -0.4 is 0 Å². The lowest BCUT2D eigenvalue weighted by molar-refractivity contribution is -0.142. The van der Waals surface area contributed by atoms with Crippen LogP contribution in [0.15, 0.2) is 15.2 Å². The lowest BCUT2D eigenvalue weighted by atomic mass is 9.99. The summed E-state index contributed by atoms with van der Waals surface area (Å²) in [6, 6.07) is 1.77. The van der Waals surface area contributed by atoms with Gasteiger partial charge in [-0.15, -0.1) is 11.3 Å². The molecule has 1 aromatic rings. The van der Waals surface area contributed by atoms with Gasteiger partial charge in [0.2, 0.25) is 0 Å². The van der Waals surface area contributed by atoms with Gasteiger partial charge in [0.15, 0.2) is 0 Å². The highest BCUT2D eigenvalue weighted by Gasteiger charge is 2.37. The van der Waals surface area contributed by atoms with E-state index in [1.54, 1.807) is 16.3 Å². The molecular formula is C11H12BrNO3S. The van der Waals surface area contributed by atoms with E-state index in [0.717, 1.165) is 3.79 Å². The third-order valence-electron chi connectivity index (χ3n) is 3.03. The zero-order chi connectivity index (χ0) is 12.6. The number of nitrogens with zero attached hydrogens (tertiary/aromatic N) is 1. The van der Waals surface area contributed by atoms with Crippen LogP contribution in [0.3, 0.4) is 0 Å². The molecule has 1 aliphatic heterocycles. The molecule has 1 saturated heterocycles. The third kappa shape index (κ3) is 2.52. The molecule has 1 aromatic heterocycles. The Hall–Kier alpha value is -0.880. The van der Waals surface area contributed by atoms with E-state index in [-0.39, 0.29) is 11.8 Å². The largest absolute Gasteiger partial charge is 0.481 e. The number of aliphatic carboxylic acids is 1. The predicted molar refractivity (Wildman–Crippen MR) is 68.2 cm³/mol. The van der Waals surface area contributed by atoms with Crippen molar-refractivity contribution < 1.29 is 14.7 Å². The maximum absolute atomic E-state index is 12.1. The molecule has 2 unspecified atom stereocenters. The first-order chi connectivity index (χ1) is 7.99. The Labute approximate surface area is 111 Å². The predicted octanol–water partition coefficient (Wildman–Crippen LogP) is 2.30. The average Bonchev–Trinajstić information content (AvgIpc) is 2.83. The molecule has 2 rings (SSSR count). The van der Waals surface area contributed by atoms with Gasteiger partial charge in [-0.2, -0.15) is 0 Å². The minimum Gasteiger partial charge on any atom is -0.481 e. The fourth-order valence-corrected chi connectivity index (χ4v) is 3.19. The standard InChI is InChI=1S/C11H12BrNO3S/c1-6-3-13(4-8(6)11(15)16)10(14)7-2-9(12)17-5-7/h2,5-6,8H,3-4H2,1H3,(H,15,16). The summed E-state index contributed by atoms with van der Waals surface area (Å²) in [6.07, 6.45) is 0. The number of halogens is 1. The Bertz CT molecular complexity index is 459. The summed E-state index contributed by atoms with van der Waals surface area (Å²) in [6.45, 7) is 2.70. The van der Waals surface area contributed by atoms with E-state index >= 15 is 0 Å². The second-order valence-electron chi connectivity index (χ2n) is 4.27. The van der Waals surface area contributed by atoms with Crippen LogP contribution in [0.2, 0.25) is 0 Å². The minimum absolute atomic E-state index is 0.0125. The van der Waals surface area contributed by atoms with Gasteiger partial charge in [0.05, 0.1) is 15.3 Å². The zero-order valence-corrected chi connectivity index (χ0v) is 11.6. The van der Waals surface area contributed by atoms with Gasteiger partial charge in [-0.1, -0.05) is 6.92 Å². The van der Waals surface area contributed by atoms with Crippen LogP contribution >= 0.6 is 27.3 Å². The fraction of sp³-hybridized carbons (Fsp3) is 0.455. The van der Waals surface area contributed by atoms with Crippen LogP contribution in [-0.4, -0.2) is 35.0 Å². The number of likely N-dealkylation sites (tertiary alicyclic amines) is 1. The lowest BCUT2D eigenvalue weighted by Gasteiger charge is -2.14. The zero-order valence-electron chi connectivity index (χ0n) is 9.22. The number of carbonyl (C=O) groups excluding carboxylic acids is 1. The SMILES string of the molecule is CC1CN(C(=O)c2csc(Br)c2)CC1C(=O)O. The molecule has 1 fully saturated rings. The van der Waals surface area contributed by atoms with Gasteiger partial charge >= 0.3 is 5.97 Å². The average molecular weight is 318 g/mol. The van der Waals surface area contributed by atoms with Crippen molar-refractivity contribution in [2.24, 2.45) is 11.8 Å². The second-order valence-corrected chi connectivity index (χ2v) is 6.56. The van der Waals surface area contributed by atoms with Crippen molar-refractivity contribution in [3.63, 3.8) is 0 Å². The van der Waals surface area contributed by atoms with Gasteiger partial charge in [0.1, 0.15) is 0 Å². The van der Waals surface area contributed by atoms with Crippen molar-refractivity contribution in [1.29, 1.82) is 0 Å². The Morgan fingerprint density at radius 1 is 1.53 bits per heavy atom. The first-order valence-electron chi connectivity index (χ1n) is 5.25. The van der Waals surface area contributed by atoms with Crippen LogP contribution in [0.1, 0.15) is 17.3 Å². The second kappa shape index (κ2) is 4.78. The van der Waals surface area contributed by atoms with Gasteiger partial charge in [-0.05, 0) is 27.9 Å². The van der Waals surface area contributed by atoms with E-state index in [9.17, 15) is 9.59 Å². The molecule has 17 heavy (non-hydrogen) atoms. The topological polar surface area (TPSA) is 57.6 Å². The van der Waals surface area contributed by atoms with Crippen molar-refractivity contribution in [3.05, 3.63) is 20.8 Å². The van der Waals surface area contributed by atoms with Crippen LogP contribution in [0.4, 0.5) is 0 Å². The van der Waals surface area contributed by atoms with E-state index in [0.29, 0.717) is 18.7 Å². The maximum atomic E-state index is 12.1. The number of hydrogen-bond donors (Lipinski definition) is 1. The Kier molecular flexibility index (Phi) is 3.53. The maximum Gasteiger partial charge on any atom is 0.308 e. The number of carboxylic acids is 1. The summed E-state index contributed by atoms with van der Waals surface area (Å²) in [5.74, 6) is -1.33. The van der Waals surface area contributed by atoms with Crippen molar-refractivity contribution in [1.82, 2.24) is 4.90 Å². The monoisotopic (exact) mass is 317 g/mol. The summed E-state index contributed by atoms with van der Waals surface area (Å²) in [4.78, 5) is 24.7. The molecule has 0 saturated carbocycles. The number of hydrogen-bond acceptors (Lipinski definition) is 3. The van der Waals surface area contributed by atoms with Crippen LogP contribution in [0.25, 0.3) is 0 Å². The Morgan fingerprint density at radius 2 is 2.24 bits per heavy atom. The summed E-state index contributed by atoms with van der Waals surface area (Å²) >= 11 is 4.76. The van der Waals surface area contributed by atoms with E-state index in [1.165, 1.54) is 11.3 Å². The quantitative estimate of drug-likeness (QED) is 0.910. The van der Waals surface area contributed by atoms with Gasteiger partial charge in [-0.25, -0.2) is 0 Å². The molecule has 0 spiro atoms. The fourth-order valence-electron chi connectivity index (χ4n) is 2.06. The molecule has 0 aromatic carbocycles. The summed E-state index contributed by atoms with van der Waals surface area (Å²) in [7, 11) is 0. The normalized spacial score (nSPS) is 24.0. The molecule has 1 amide bonds. The molecule has 0 radical (unpaired) electrons. The van der Waals surface area contributed by atoms with Gasteiger partial charge < -0.3 is 10.0 Å². The minimum atomic E-state index is -0.820. The van der Waals surface area contributed by atoms with E-state index < -0.39 is 11.9 Å². The molecule has 2 atom stereocenters. The summed E-state index contributed by atoms with van der Waals surface area (Å²) < 4.78 is 0.905. The van der Waals surface area contributed by atoms with E-state index in [1.807, 2.05) is 6.92 Å². The Balaban J connectivity index is 2.10. The molecule has 1 aliphatic rings. The molecule has 0 aliphatic carbocycles. The number of amides is 1.